The van der Waals surface area contributed by atoms with Crippen molar-refractivity contribution < 1.29 is 9.90 Å². The summed E-state index contributed by atoms with van der Waals surface area (Å²) in [4.78, 5) is 16.0. The summed E-state index contributed by atoms with van der Waals surface area (Å²) in [5.41, 5.74) is 0.804. The molecule has 18 heavy (non-hydrogen) atoms. The monoisotopic (exact) mass is 280 g/mol. The zero-order valence-corrected chi connectivity index (χ0v) is 11.4. The lowest BCUT2D eigenvalue weighted by Gasteiger charge is -1.99. The summed E-state index contributed by atoms with van der Waals surface area (Å²) in [6, 6.07) is 7.49. The van der Waals surface area contributed by atoms with Crippen molar-refractivity contribution in [2.45, 2.75) is 29.0 Å². The van der Waals surface area contributed by atoms with E-state index in [0.717, 1.165) is 27.0 Å². The van der Waals surface area contributed by atoms with E-state index in [0.29, 0.717) is 0 Å². The number of hydrogen-bond donors (Lipinski definition) is 1. The van der Waals surface area contributed by atoms with Gasteiger partial charge in [-0.2, -0.15) is 4.37 Å². The molecule has 94 valence electrons. The molecule has 1 aromatic heterocycles. The van der Waals surface area contributed by atoms with Gasteiger partial charge in [0.1, 0.15) is 5.82 Å². The van der Waals surface area contributed by atoms with Gasteiger partial charge in [0.05, 0.1) is 6.42 Å². The molecule has 0 amide bonds. The maximum Gasteiger partial charge on any atom is 0.307 e. The van der Waals surface area contributed by atoms with E-state index in [9.17, 15) is 4.79 Å². The minimum absolute atomic E-state index is 0.0593. The number of nitrogens with zero attached hydrogens (tertiary/aromatic N) is 2. The molecule has 0 aliphatic rings. The van der Waals surface area contributed by atoms with Crippen LogP contribution in [0.25, 0.3) is 0 Å². The van der Waals surface area contributed by atoms with Crippen molar-refractivity contribution in [2.75, 3.05) is 0 Å². The molecule has 0 atom stereocenters. The van der Waals surface area contributed by atoms with Gasteiger partial charge in [-0.15, -0.1) is 0 Å². The molecule has 0 fully saturated rings. The molecule has 4 nitrogen and oxygen atoms in total. The normalized spacial score (nSPS) is 10.5. The molecule has 2 rings (SSSR count). The Labute approximate surface area is 113 Å². The highest BCUT2D eigenvalue weighted by Crippen LogP contribution is 2.29. The molecule has 0 spiro atoms. The maximum absolute atomic E-state index is 10.6. The van der Waals surface area contributed by atoms with Gasteiger partial charge in [-0.25, -0.2) is 4.98 Å². The van der Waals surface area contributed by atoms with Crippen LogP contribution in [0.1, 0.15) is 18.3 Å². The lowest BCUT2D eigenvalue weighted by Crippen LogP contribution is -1.99. The molecular weight excluding hydrogens is 268 g/mol. The Balaban J connectivity index is 2.03. The summed E-state index contributed by atoms with van der Waals surface area (Å²) in [5, 5.41) is 8.68. The first-order valence-corrected chi connectivity index (χ1v) is 7.07. The van der Waals surface area contributed by atoms with Crippen LogP contribution in [0.5, 0.6) is 0 Å². The number of aryl methyl sites for hydroxylation is 1. The second-order valence-electron chi connectivity index (χ2n) is 3.65. The minimum Gasteiger partial charge on any atom is -0.481 e. The van der Waals surface area contributed by atoms with Crippen molar-refractivity contribution in [3.05, 3.63) is 35.7 Å². The van der Waals surface area contributed by atoms with E-state index in [-0.39, 0.29) is 6.42 Å². The summed E-state index contributed by atoms with van der Waals surface area (Å²) in [5.74, 6) is 0.0529. The Morgan fingerprint density at radius 2 is 2.11 bits per heavy atom. The van der Waals surface area contributed by atoms with Crippen molar-refractivity contribution in [2.24, 2.45) is 0 Å². The summed E-state index contributed by atoms with van der Waals surface area (Å²) in [6.45, 7) is 2.02. The number of carbonyl (C=O) groups is 1. The molecule has 0 aliphatic heterocycles. The van der Waals surface area contributed by atoms with Crippen LogP contribution in [-0.4, -0.2) is 20.4 Å². The summed E-state index contributed by atoms with van der Waals surface area (Å²) < 4.78 is 5.13. The Morgan fingerprint density at radius 1 is 1.39 bits per heavy atom. The van der Waals surface area contributed by atoms with Crippen LogP contribution in [0.15, 0.2) is 33.5 Å². The van der Waals surface area contributed by atoms with Gasteiger partial charge < -0.3 is 5.11 Å². The number of hydrogen-bond acceptors (Lipinski definition) is 5. The molecule has 1 heterocycles. The highest BCUT2D eigenvalue weighted by Gasteiger charge is 2.05. The van der Waals surface area contributed by atoms with Crippen LogP contribution in [0, 0.1) is 0 Å². The highest BCUT2D eigenvalue weighted by atomic mass is 32.2. The number of rotatable bonds is 5. The number of benzene rings is 1. The maximum atomic E-state index is 10.6. The topological polar surface area (TPSA) is 63.1 Å². The quantitative estimate of drug-likeness (QED) is 0.912. The average Bonchev–Trinajstić information content (AvgIpc) is 2.79. The first-order valence-electron chi connectivity index (χ1n) is 5.48. The molecule has 0 unspecified atom stereocenters. The van der Waals surface area contributed by atoms with Crippen molar-refractivity contribution in [1.82, 2.24) is 9.36 Å². The summed E-state index contributed by atoms with van der Waals surface area (Å²) in [6.07, 6.45) is 0.901. The smallest absolute Gasteiger partial charge is 0.307 e. The standard InChI is InChI=1S/C12H12N2O2S2/c1-2-10-13-12(18-14-10)17-9-5-3-8(4-6-9)7-11(15)16/h3-6H,2,7H2,1H3,(H,15,16). The van der Waals surface area contributed by atoms with Gasteiger partial charge in [0.2, 0.25) is 0 Å². The molecule has 1 N–H and O–H groups in total. The third kappa shape index (κ3) is 3.54. The molecule has 6 heteroatoms. The molecule has 0 saturated carbocycles. The van der Waals surface area contributed by atoms with Crippen LogP contribution >= 0.6 is 23.3 Å². The second-order valence-corrected chi connectivity index (χ2v) is 5.72. The van der Waals surface area contributed by atoms with Gasteiger partial charge in [-0.3, -0.25) is 4.79 Å². The van der Waals surface area contributed by atoms with E-state index >= 15 is 0 Å². The van der Waals surface area contributed by atoms with Crippen molar-refractivity contribution in [3.63, 3.8) is 0 Å². The fourth-order valence-corrected chi connectivity index (χ4v) is 3.05. The molecule has 1 aromatic carbocycles. The third-order valence-corrected chi connectivity index (χ3v) is 4.05. The van der Waals surface area contributed by atoms with Crippen LogP contribution in [0.4, 0.5) is 0 Å². The SMILES string of the molecule is CCc1nsc(Sc2ccc(CC(=O)O)cc2)n1. The summed E-state index contributed by atoms with van der Waals surface area (Å²) in [7, 11) is 0. The highest BCUT2D eigenvalue weighted by molar-refractivity contribution is 8.01. The largest absolute Gasteiger partial charge is 0.481 e. The van der Waals surface area contributed by atoms with E-state index in [2.05, 4.69) is 9.36 Å². The van der Waals surface area contributed by atoms with Crippen molar-refractivity contribution in [1.29, 1.82) is 0 Å². The van der Waals surface area contributed by atoms with Crippen LogP contribution in [0.2, 0.25) is 0 Å². The molecular formula is C12H12N2O2S2. The molecule has 2 aromatic rings. The predicted molar refractivity (Wildman–Crippen MR) is 71.2 cm³/mol. The molecule has 0 bridgehead atoms. The first-order chi connectivity index (χ1) is 8.67. The fraction of sp³-hybridized carbons (Fsp3) is 0.250. The lowest BCUT2D eigenvalue weighted by molar-refractivity contribution is -0.136. The Kier molecular flexibility index (Phi) is 4.33. The third-order valence-electron chi connectivity index (χ3n) is 2.25. The van der Waals surface area contributed by atoms with E-state index in [1.165, 1.54) is 11.5 Å². The van der Waals surface area contributed by atoms with Gasteiger partial charge in [0, 0.05) is 11.3 Å². The van der Waals surface area contributed by atoms with Gasteiger partial charge in [-0.1, -0.05) is 30.8 Å². The fourth-order valence-electron chi connectivity index (χ4n) is 1.37. The Morgan fingerprint density at radius 3 is 2.67 bits per heavy atom. The Hall–Kier alpha value is -1.40. The van der Waals surface area contributed by atoms with E-state index in [4.69, 9.17) is 5.11 Å². The van der Waals surface area contributed by atoms with E-state index < -0.39 is 5.97 Å². The van der Waals surface area contributed by atoms with Crippen molar-refractivity contribution >= 4 is 29.3 Å². The van der Waals surface area contributed by atoms with Crippen LogP contribution < -0.4 is 0 Å². The summed E-state index contributed by atoms with van der Waals surface area (Å²) >= 11 is 2.94. The zero-order valence-electron chi connectivity index (χ0n) is 9.79. The predicted octanol–water partition coefficient (Wildman–Crippen LogP) is 2.88. The number of carboxylic acid groups (broad SMARTS) is 1. The minimum atomic E-state index is -0.813. The average molecular weight is 280 g/mol. The van der Waals surface area contributed by atoms with Crippen molar-refractivity contribution in [3.8, 4) is 0 Å². The Bertz CT molecular complexity index is 537. The van der Waals surface area contributed by atoms with Crippen LogP contribution in [-0.2, 0) is 17.6 Å². The van der Waals surface area contributed by atoms with Gasteiger partial charge in [0.25, 0.3) is 0 Å². The van der Waals surface area contributed by atoms with E-state index in [1.807, 2.05) is 31.2 Å². The van der Waals surface area contributed by atoms with Gasteiger partial charge in [-0.05, 0) is 29.2 Å². The molecule has 0 radical (unpaired) electrons. The van der Waals surface area contributed by atoms with Gasteiger partial charge >= 0.3 is 5.97 Å². The number of aromatic nitrogens is 2. The molecule has 0 aliphatic carbocycles. The van der Waals surface area contributed by atoms with Gasteiger partial charge in [0.15, 0.2) is 4.34 Å². The zero-order chi connectivity index (χ0) is 13.0. The van der Waals surface area contributed by atoms with E-state index in [1.54, 1.807) is 11.8 Å². The lowest BCUT2D eigenvalue weighted by atomic mass is 10.2. The van der Waals surface area contributed by atoms with Crippen LogP contribution in [0.3, 0.4) is 0 Å². The molecule has 0 saturated heterocycles. The second kappa shape index (κ2) is 5.97. The number of aliphatic carboxylic acids is 1. The number of carboxylic acids is 1. The first kappa shape index (κ1) is 13.0.